The van der Waals surface area contributed by atoms with E-state index in [0.29, 0.717) is 11.3 Å². The summed E-state index contributed by atoms with van der Waals surface area (Å²) in [4.78, 5) is 21.6. The number of hydrogen-bond donors (Lipinski definition) is 3. The highest BCUT2D eigenvalue weighted by atomic mass is 16.3. The van der Waals surface area contributed by atoms with Gasteiger partial charge in [0.2, 0.25) is 0 Å². The molecule has 1 saturated carbocycles. The molecule has 3 aromatic heterocycles. The zero-order valence-electron chi connectivity index (χ0n) is 21.3. The Morgan fingerprint density at radius 3 is 2.68 bits per heavy atom. The fraction of sp³-hybridized carbons (Fsp3) is 0.267. The van der Waals surface area contributed by atoms with E-state index in [1.807, 2.05) is 47.3 Å². The highest BCUT2D eigenvalue weighted by Crippen LogP contribution is 2.34. The van der Waals surface area contributed by atoms with E-state index >= 15 is 0 Å². The Balaban J connectivity index is 1.45. The Labute approximate surface area is 220 Å². The van der Waals surface area contributed by atoms with Crippen molar-refractivity contribution in [2.24, 2.45) is 5.73 Å². The molecule has 1 fully saturated rings. The molecule has 0 spiro atoms. The van der Waals surface area contributed by atoms with Crippen molar-refractivity contribution in [2.75, 3.05) is 5.32 Å². The number of hydrogen-bond acceptors (Lipinski definition) is 6. The van der Waals surface area contributed by atoms with Crippen molar-refractivity contribution in [3.63, 3.8) is 0 Å². The predicted octanol–water partition coefficient (Wildman–Crippen LogP) is 5.01. The average Bonchev–Trinajstić information content (AvgIpc) is 3.33. The monoisotopic (exact) mass is 506 g/mol. The van der Waals surface area contributed by atoms with Gasteiger partial charge in [-0.1, -0.05) is 25.1 Å². The molecule has 1 aliphatic rings. The molecule has 0 bridgehead atoms. The van der Waals surface area contributed by atoms with Crippen molar-refractivity contribution >= 4 is 33.5 Å². The largest absolute Gasteiger partial charge is 0.393 e. The Morgan fingerprint density at radius 2 is 1.89 bits per heavy atom. The molecule has 0 unspecified atom stereocenters. The first-order chi connectivity index (χ1) is 18.5. The number of fused-ring (bicyclic) bond motifs is 2. The fourth-order valence-electron chi connectivity index (χ4n) is 5.44. The van der Waals surface area contributed by atoms with Crippen LogP contribution in [0, 0.1) is 0 Å². The van der Waals surface area contributed by atoms with Crippen molar-refractivity contribution in [1.82, 2.24) is 19.7 Å². The molecule has 4 N–H and O–H groups in total. The molecule has 0 saturated heterocycles. The second kappa shape index (κ2) is 9.87. The van der Waals surface area contributed by atoms with E-state index in [9.17, 15) is 9.90 Å². The van der Waals surface area contributed by atoms with Gasteiger partial charge in [-0.25, -0.2) is 9.67 Å². The van der Waals surface area contributed by atoms with Crippen LogP contribution in [0.5, 0.6) is 0 Å². The van der Waals surface area contributed by atoms with Gasteiger partial charge >= 0.3 is 0 Å². The highest BCUT2D eigenvalue weighted by molar-refractivity contribution is 6.00. The van der Waals surface area contributed by atoms with Gasteiger partial charge in [0.25, 0.3) is 5.91 Å². The molecule has 5 aromatic rings. The van der Waals surface area contributed by atoms with Gasteiger partial charge < -0.3 is 16.2 Å². The SMILES string of the molecule is CCc1nn(-c2ccc(C(N)=O)c(N[C@H]3CC[C@H](O)CC3)c2)c2nccc(-c3cnc4ccccc4c3)c12. The van der Waals surface area contributed by atoms with Crippen LogP contribution in [-0.2, 0) is 6.42 Å². The van der Waals surface area contributed by atoms with Crippen LogP contribution in [0.2, 0.25) is 0 Å². The fourth-order valence-corrected chi connectivity index (χ4v) is 5.44. The minimum Gasteiger partial charge on any atom is -0.393 e. The van der Waals surface area contributed by atoms with E-state index < -0.39 is 5.91 Å². The third-order valence-corrected chi connectivity index (χ3v) is 7.45. The summed E-state index contributed by atoms with van der Waals surface area (Å²) in [6.45, 7) is 2.09. The van der Waals surface area contributed by atoms with E-state index in [1.165, 1.54) is 0 Å². The first kappa shape index (κ1) is 24.1. The number of anilines is 1. The zero-order valence-corrected chi connectivity index (χ0v) is 21.3. The second-order valence-electron chi connectivity index (χ2n) is 9.93. The van der Waals surface area contributed by atoms with Gasteiger partial charge in [-0.15, -0.1) is 0 Å². The minimum atomic E-state index is -0.487. The molecule has 0 radical (unpaired) electrons. The molecule has 0 atom stereocenters. The van der Waals surface area contributed by atoms with Crippen LogP contribution in [0.3, 0.4) is 0 Å². The number of aliphatic hydroxyl groups excluding tert-OH is 1. The summed E-state index contributed by atoms with van der Waals surface area (Å²) >= 11 is 0. The van der Waals surface area contributed by atoms with Gasteiger partial charge in [-0.05, 0) is 74.1 Å². The third-order valence-electron chi connectivity index (χ3n) is 7.45. The van der Waals surface area contributed by atoms with E-state index in [-0.39, 0.29) is 12.1 Å². The number of aryl methyl sites for hydroxylation is 1. The molecular formula is C30H30N6O2. The Kier molecular flexibility index (Phi) is 6.25. The number of aromatic nitrogens is 4. The van der Waals surface area contributed by atoms with Crippen molar-refractivity contribution in [3.05, 3.63) is 78.2 Å². The van der Waals surface area contributed by atoms with Crippen LogP contribution < -0.4 is 11.1 Å². The number of nitrogens with zero attached hydrogens (tertiary/aromatic N) is 4. The average molecular weight is 507 g/mol. The van der Waals surface area contributed by atoms with E-state index in [0.717, 1.165) is 76.5 Å². The first-order valence-electron chi connectivity index (χ1n) is 13.1. The van der Waals surface area contributed by atoms with Crippen LogP contribution in [0.1, 0.15) is 48.7 Å². The quantitative estimate of drug-likeness (QED) is 0.298. The molecular weight excluding hydrogens is 476 g/mol. The molecule has 3 heterocycles. The minimum absolute atomic E-state index is 0.164. The third kappa shape index (κ3) is 4.37. The standard InChI is InChI=1S/C30H30N6O2/c1-2-25-28-23(19-15-18-5-3-4-6-26(18)33-17-19)13-14-32-30(28)36(35-25)21-9-12-24(29(31)38)27(16-21)34-20-7-10-22(37)11-8-20/h3-6,9,12-17,20,22,34,37H,2,7-8,10-11H2,1H3,(H2,31,38)/t20-,22-. The maximum atomic E-state index is 12.2. The number of amides is 1. The summed E-state index contributed by atoms with van der Waals surface area (Å²) < 4.78 is 1.84. The van der Waals surface area contributed by atoms with Crippen LogP contribution >= 0.6 is 0 Å². The molecule has 192 valence electrons. The molecule has 6 rings (SSSR count). The number of rotatable bonds is 6. The number of carbonyl (C=O) groups is 1. The summed E-state index contributed by atoms with van der Waals surface area (Å²) in [5.41, 5.74) is 12.3. The normalized spacial score (nSPS) is 17.6. The number of para-hydroxylation sites is 1. The Morgan fingerprint density at radius 1 is 1.08 bits per heavy atom. The van der Waals surface area contributed by atoms with Crippen LogP contribution in [0.15, 0.2) is 67.0 Å². The number of benzene rings is 2. The highest BCUT2D eigenvalue weighted by Gasteiger charge is 2.22. The van der Waals surface area contributed by atoms with Crippen molar-refractivity contribution in [1.29, 1.82) is 0 Å². The lowest BCUT2D eigenvalue weighted by Gasteiger charge is -2.27. The summed E-state index contributed by atoms with van der Waals surface area (Å²) in [7, 11) is 0. The van der Waals surface area contributed by atoms with Gasteiger partial charge in [0.15, 0.2) is 5.65 Å². The van der Waals surface area contributed by atoms with Crippen molar-refractivity contribution < 1.29 is 9.90 Å². The predicted molar refractivity (Wildman–Crippen MR) is 149 cm³/mol. The lowest BCUT2D eigenvalue weighted by Crippen LogP contribution is -2.29. The van der Waals surface area contributed by atoms with Crippen LogP contribution in [-0.4, -0.2) is 42.9 Å². The molecule has 2 aromatic carbocycles. The second-order valence-corrected chi connectivity index (χ2v) is 9.93. The Hall–Kier alpha value is -4.30. The number of nitrogens with one attached hydrogen (secondary N) is 1. The zero-order chi connectivity index (χ0) is 26.2. The maximum absolute atomic E-state index is 12.2. The Bertz CT molecular complexity index is 1650. The first-order valence-corrected chi connectivity index (χ1v) is 13.1. The molecule has 0 aliphatic heterocycles. The lowest BCUT2D eigenvalue weighted by molar-refractivity contribution is 0.100. The molecule has 1 amide bonds. The van der Waals surface area contributed by atoms with Crippen molar-refractivity contribution in [3.8, 4) is 16.8 Å². The van der Waals surface area contributed by atoms with E-state index in [2.05, 4.69) is 29.4 Å². The number of carbonyl (C=O) groups excluding carboxylic acids is 1. The van der Waals surface area contributed by atoms with Gasteiger partial charge in [0, 0.05) is 35.1 Å². The number of pyridine rings is 2. The molecule has 38 heavy (non-hydrogen) atoms. The summed E-state index contributed by atoms with van der Waals surface area (Å²) in [6.07, 6.45) is 7.33. The van der Waals surface area contributed by atoms with E-state index in [1.54, 1.807) is 12.3 Å². The number of primary amides is 1. The molecule has 8 heteroatoms. The molecule has 1 aliphatic carbocycles. The smallest absolute Gasteiger partial charge is 0.250 e. The van der Waals surface area contributed by atoms with Gasteiger partial charge in [-0.3, -0.25) is 9.78 Å². The van der Waals surface area contributed by atoms with Gasteiger partial charge in [-0.2, -0.15) is 5.10 Å². The van der Waals surface area contributed by atoms with Crippen molar-refractivity contribution in [2.45, 2.75) is 51.2 Å². The van der Waals surface area contributed by atoms with Gasteiger partial charge in [0.05, 0.1) is 34.0 Å². The van der Waals surface area contributed by atoms with E-state index in [4.69, 9.17) is 15.8 Å². The van der Waals surface area contributed by atoms with Crippen LogP contribution in [0.4, 0.5) is 5.69 Å². The number of nitrogens with two attached hydrogens (primary N) is 1. The van der Waals surface area contributed by atoms with Crippen LogP contribution in [0.25, 0.3) is 38.8 Å². The molecule has 8 nitrogen and oxygen atoms in total. The van der Waals surface area contributed by atoms with Gasteiger partial charge in [0.1, 0.15) is 0 Å². The summed E-state index contributed by atoms with van der Waals surface area (Å²) in [6, 6.07) is 17.9. The topological polar surface area (TPSA) is 119 Å². The maximum Gasteiger partial charge on any atom is 0.250 e. The number of aliphatic hydroxyl groups is 1. The summed E-state index contributed by atoms with van der Waals surface area (Å²) in [5.74, 6) is -0.487. The lowest BCUT2D eigenvalue weighted by atomic mass is 9.92. The summed E-state index contributed by atoms with van der Waals surface area (Å²) in [5, 5.41) is 20.4.